The lowest BCUT2D eigenvalue weighted by Crippen LogP contribution is -2.14. The molecule has 1 heterocycles. The van der Waals surface area contributed by atoms with Crippen molar-refractivity contribution in [2.45, 2.75) is 4.90 Å². The van der Waals surface area contributed by atoms with E-state index in [1.165, 1.54) is 29.5 Å². The number of benzene rings is 1. The number of nitrogens with two attached hydrogens (primary N) is 1. The summed E-state index contributed by atoms with van der Waals surface area (Å²) in [6.07, 6.45) is 0. The number of thiophene rings is 1. The fourth-order valence-electron chi connectivity index (χ4n) is 1.38. The molecule has 3 N–H and O–H groups in total. The van der Waals surface area contributed by atoms with E-state index in [1.54, 1.807) is 17.5 Å². The van der Waals surface area contributed by atoms with Gasteiger partial charge in [0.05, 0.1) is 14.2 Å². The van der Waals surface area contributed by atoms with Gasteiger partial charge in [0.15, 0.2) is 0 Å². The third-order valence-corrected chi connectivity index (χ3v) is 4.67. The number of primary sulfonamides is 1. The highest BCUT2D eigenvalue weighted by molar-refractivity contribution is 9.11. The van der Waals surface area contributed by atoms with Crippen molar-refractivity contribution in [2.75, 3.05) is 5.32 Å². The van der Waals surface area contributed by atoms with Gasteiger partial charge in [-0.1, -0.05) is 6.07 Å². The van der Waals surface area contributed by atoms with Crippen LogP contribution < -0.4 is 10.5 Å². The van der Waals surface area contributed by atoms with Gasteiger partial charge >= 0.3 is 0 Å². The first kappa shape index (κ1) is 14.2. The molecule has 0 radical (unpaired) electrons. The SMILES string of the molecule is NS(=O)(=O)c1cccc(NC(=O)c2csc(Br)c2)c1. The van der Waals surface area contributed by atoms with E-state index < -0.39 is 10.0 Å². The number of hydrogen-bond acceptors (Lipinski definition) is 4. The Labute approximate surface area is 122 Å². The largest absolute Gasteiger partial charge is 0.322 e. The minimum Gasteiger partial charge on any atom is -0.322 e. The molecule has 0 aliphatic carbocycles. The van der Waals surface area contributed by atoms with Gasteiger partial charge in [0, 0.05) is 11.1 Å². The van der Waals surface area contributed by atoms with Crippen LogP contribution in [0.15, 0.2) is 44.4 Å². The van der Waals surface area contributed by atoms with Crippen molar-refractivity contribution in [3.8, 4) is 0 Å². The third-order valence-electron chi connectivity index (χ3n) is 2.25. The number of hydrogen-bond donors (Lipinski definition) is 2. The van der Waals surface area contributed by atoms with E-state index in [1.807, 2.05) is 0 Å². The number of carbonyl (C=O) groups is 1. The Bertz CT molecular complexity index is 725. The maximum atomic E-state index is 11.9. The maximum absolute atomic E-state index is 11.9. The summed E-state index contributed by atoms with van der Waals surface area (Å²) < 4.78 is 23.3. The minimum absolute atomic E-state index is 0.0446. The van der Waals surface area contributed by atoms with Gasteiger partial charge in [-0.2, -0.15) is 0 Å². The highest BCUT2D eigenvalue weighted by Gasteiger charge is 2.11. The minimum atomic E-state index is -3.78. The molecule has 19 heavy (non-hydrogen) atoms. The van der Waals surface area contributed by atoms with Crippen molar-refractivity contribution in [2.24, 2.45) is 5.14 Å². The third kappa shape index (κ3) is 3.63. The number of rotatable bonds is 3. The van der Waals surface area contributed by atoms with Crippen molar-refractivity contribution in [1.82, 2.24) is 0 Å². The average molecular weight is 361 g/mol. The predicted octanol–water partition coefficient (Wildman–Crippen LogP) is 2.41. The topological polar surface area (TPSA) is 89.3 Å². The molecule has 0 aliphatic heterocycles. The first-order valence-electron chi connectivity index (χ1n) is 5.04. The van der Waals surface area contributed by atoms with Crippen LogP contribution in [0.5, 0.6) is 0 Å². The Morgan fingerprint density at radius 3 is 2.63 bits per heavy atom. The first-order chi connectivity index (χ1) is 8.86. The van der Waals surface area contributed by atoms with Crippen molar-refractivity contribution in [3.63, 3.8) is 0 Å². The molecule has 0 atom stereocenters. The van der Waals surface area contributed by atoms with Crippen LogP contribution in [0.4, 0.5) is 5.69 Å². The second-order valence-electron chi connectivity index (χ2n) is 3.67. The van der Waals surface area contributed by atoms with Crippen molar-refractivity contribution in [1.29, 1.82) is 0 Å². The summed E-state index contributed by atoms with van der Waals surface area (Å²) in [5.74, 6) is -0.312. The lowest BCUT2D eigenvalue weighted by molar-refractivity contribution is 0.102. The summed E-state index contributed by atoms with van der Waals surface area (Å²) in [5.41, 5.74) is 0.872. The molecule has 0 saturated heterocycles. The zero-order valence-corrected chi connectivity index (χ0v) is 12.7. The van der Waals surface area contributed by atoms with Gasteiger partial charge in [0.25, 0.3) is 5.91 Å². The number of carbonyl (C=O) groups excluding carboxylic acids is 1. The van der Waals surface area contributed by atoms with Gasteiger partial charge in [-0.15, -0.1) is 11.3 Å². The molecule has 0 unspecified atom stereocenters. The number of anilines is 1. The van der Waals surface area contributed by atoms with Crippen LogP contribution in [0.2, 0.25) is 0 Å². The molecule has 0 fully saturated rings. The Hall–Kier alpha value is -1.22. The van der Waals surface area contributed by atoms with E-state index in [-0.39, 0.29) is 10.8 Å². The molecular weight excluding hydrogens is 352 g/mol. The van der Waals surface area contributed by atoms with Crippen molar-refractivity contribution in [3.05, 3.63) is 45.1 Å². The molecule has 1 amide bonds. The van der Waals surface area contributed by atoms with E-state index in [0.717, 1.165) is 3.79 Å². The standard InChI is InChI=1S/C11H9BrN2O3S2/c12-10-4-7(6-18-10)11(15)14-8-2-1-3-9(5-8)19(13,16)17/h1-6H,(H,14,15)(H2,13,16,17). The summed E-state index contributed by atoms with van der Waals surface area (Å²) >= 11 is 4.66. The van der Waals surface area contributed by atoms with E-state index in [9.17, 15) is 13.2 Å². The number of sulfonamides is 1. The van der Waals surface area contributed by atoms with Gasteiger partial charge in [0.2, 0.25) is 10.0 Å². The van der Waals surface area contributed by atoms with Crippen LogP contribution in [0.3, 0.4) is 0 Å². The van der Waals surface area contributed by atoms with Crippen LogP contribution in [0, 0.1) is 0 Å². The number of halogens is 1. The van der Waals surface area contributed by atoms with Gasteiger partial charge < -0.3 is 5.32 Å². The zero-order valence-electron chi connectivity index (χ0n) is 9.46. The van der Waals surface area contributed by atoms with E-state index >= 15 is 0 Å². The molecule has 0 spiro atoms. The summed E-state index contributed by atoms with van der Waals surface area (Å²) in [4.78, 5) is 11.8. The van der Waals surface area contributed by atoms with Crippen LogP contribution in [-0.2, 0) is 10.0 Å². The first-order valence-corrected chi connectivity index (χ1v) is 8.26. The molecule has 8 heteroatoms. The molecule has 5 nitrogen and oxygen atoms in total. The van der Waals surface area contributed by atoms with E-state index in [4.69, 9.17) is 5.14 Å². The fourth-order valence-corrected chi connectivity index (χ4v) is 3.08. The Kier molecular flexibility index (Phi) is 4.04. The second-order valence-corrected chi connectivity index (χ2v) is 7.52. The molecule has 1 aromatic heterocycles. The highest BCUT2D eigenvalue weighted by Crippen LogP contribution is 2.22. The van der Waals surface area contributed by atoms with Gasteiger partial charge in [-0.3, -0.25) is 4.79 Å². The average Bonchev–Trinajstić information content (AvgIpc) is 2.75. The van der Waals surface area contributed by atoms with Crippen LogP contribution in [0.1, 0.15) is 10.4 Å². The summed E-state index contributed by atoms with van der Waals surface area (Å²) in [6, 6.07) is 7.47. The molecule has 0 saturated carbocycles. The summed E-state index contributed by atoms with van der Waals surface area (Å²) in [7, 11) is -3.78. The predicted molar refractivity (Wildman–Crippen MR) is 77.8 cm³/mol. The molecule has 2 rings (SSSR count). The summed E-state index contributed by atoms with van der Waals surface area (Å²) in [6.45, 7) is 0. The second kappa shape index (κ2) is 5.41. The lowest BCUT2D eigenvalue weighted by Gasteiger charge is -2.05. The Balaban J connectivity index is 2.22. The molecule has 100 valence electrons. The Morgan fingerprint density at radius 1 is 1.32 bits per heavy atom. The smallest absolute Gasteiger partial charge is 0.256 e. The highest BCUT2D eigenvalue weighted by atomic mass is 79.9. The normalized spacial score (nSPS) is 11.3. The molecule has 1 aromatic carbocycles. The molecule has 2 aromatic rings. The van der Waals surface area contributed by atoms with Gasteiger partial charge in [0.1, 0.15) is 0 Å². The van der Waals surface area contributed by atoms with Crippen LogP contribution in [-0.4, -0.2) is 14.3 Å². The quantitative estimate of drug-likeness (QED) is 0.880. The van der Waals surface area contributed by atoms with E-state index in [2.05, 4.69) is 21.2 Å². The van der Waals surface area contributed by atoms with Gasteiger partial charge in [-0.05, 0) is 40.2 Å². The van der Waals surface area contributed by atoms with E-state index in [0.29, 0.717) is 11.3 Å². The van der Waals surface area contributed by atoms with Crippen LogP contribution in [0.25, 0.3) is 0 Å². The lowest BCUT2D eigenvalue weighted by atomic mass is 10.3. The summed E-state index contributed by atoms with van der Waals surface area (Å²) in [5, 5.41) is 9.33. The molecule has 0 aliphatic rings. The molecule has 0 bridgehead atoms. The zero-order chi connectivity index (χ0) is 14.0. The Morgan fingerprint density at radius 2 is 2.05 bits per heavy atom. The number of amides is 1. The number of nitrogens with one attached hydrogen (secondary N) is 1. The molecular formula is C11H9BrN2O3S2. The monoisotopic (exact) mass is 360 g/mol. The maximum Gasteiger partial charge on any atom is 0.256 e. The van der Waals surface area contributed by atoms with Crippen LogP contribution >= 0.6 is 27.3 Å². The van der Waals surface area contributed by atoms with Crippen molar-refractivity contribution < 1.29 is 13.2 Å². The fraction of sp³-hybridized carbons (Fsp3) is 0. The van der Waals surface area contributed by atoms with Gasteiger partial charge in [-0.25, -0.2) is 13.6 Å². The van der Waals surface area contributed by atoms with Crippen molar-refractivity contribution >= 4 is 48.9 Å².